The topological polar surface area (TPSA) is 91.3 Å². The van der Waals surface area contributed by atoms with Crippen LogP contribution >= 0.6 is 7.82 Å². The summed E-state index contributed by atoms with van der Waals surface area (Å²) in [5, 5.41) is 0. The van der Waals surface area contributed by atoms with E-state index in [2.05, 4.69) is 13.8 Å². The molecule has 0 bridgehead atoms. The van der Waals surface area contributed by atoms with E-state index in [4.69, 9.17) is 18.5 Å². The molecule has 0 aromatic rings. The zero-order valence-electron chi connectivity index (χ0n) is 35.1. The highest BCUT2D eigenvalue weighted by molar-refractivity contribution is 7.47. The van der Waals surface area contributed by atoms with Gasteiger partial charge >= 0.3 is 13.8 Å². The van der Waals surface area contributed by atoms with Crippen molar-refractivity contribution in [2.24, 2.45) is 0 Å². The van der Waals surface area contributed by atoms with Crippen molar-refractivity contribution >= 4 is 13.8 Å². The number of allylic oxidation sites excluding steroid dienone is 1. The van der Waals surface area contributed by atoms with Crippen molar-refractivity contribution in [3.8, 4) is 0 Å². The Labute approximate surface area is 322 Å². The third-order valence-electron chi connectivity index (χ3n) is 9.67. The van der Waals surface area contributed by atoms with Gasteiger partial charge in [0, 0.05) is 6.42 Å². The molecule has 1 N–H and O–H groups in total. The second-order valence-corrected chi connectivity index (χ2v) is 17.6. The first-order valence-corrected chi connectivity index (χ1v) is 23.5. The lowest BCUT2D eigenvalue weighted by Crippen LogP contribution is -2.37. The van der Waals surface area contributed by atoms with E-state index in [0.29, 0.717) is 17.4 Å². The van der Waals surface area contributed by atoms with Crippen LogP contribution in [0.25, 0.3) is 0 Å². The fourth-order valence-corrected chi connectivity index (χ4v) is 6.97. The van der Waals surface area contributed by atoms with Gasteiger partial charge in [0.15, 0.2) is 6.10 Å². The SMILES string of the molecule is CCCCCCCCCCCCCCCC/C=C\OC[C@H](COP(=O)(O)OCC[N+](C)(C)C)OC(=O)CCCCCCCCCCCCCCCC. The number of phosphoric ester groups is 1. The molecule has 0 aliphatic rings. The molecule has 0 rings (SSSR count). The molecule has 52 heavy (non-hydrogen) atoms. The van der Waals surface area contributed by atoms with E-state index in [-0.39, 0.29) is 25.8 Å². The number of quaternary nitrogens is 1. The van der Waals surface area contributed by atoms with Crippen LogP contribution in [0.1, 0.15) is 206 Å². The summed E-state index contributed by atoms with van der Waals surface area (Å²) in [5.41, 5.74) is 0. The number of nitrogens with zero attached hydrogens (tertiary/aromatic N) is 1. The van der Waals surface area contributed by atoms with Crippen molar-refractivity contribution in [1.29, 1.82) is 0 Å². The lowest BCUT2D eigenvalue weighted by Gasteiger charge is -2.24. The minimum absolute atomic E-state index is 0.0542. The Morgan fingerprint density at radius 2 is 1.00 bits per heavy atom. The van der Waals surface area contributed by atoms with E-state index in [1.54, 1.807) is 6.26 Å². The number of rotatable bonds is 41. The first kappa shape index (κ1) is 51.1. The lowest BCUT2D eigenvalue weighted by molar-refractivity contribution is -0.870. The van der Waals surface area contributed by atoms with Crippen molar-refractivity contribution in [3.63, 3.8) is 0 Å². The van der Waals surface area contributed by atoms with Gasteiger partial charge in [0.25, 0.3) is 0 Å². The highest BCUT2D eigenvalue weighted by Gasteiger charge is 2.26. The van der Waals surface area contributed by atoms with Crippen LogP contribution in [-0.4, -0.2) is 69.0 Å². The summed E-state index contributed by atoms with van der Waals surface area (Å²) < 4.78 is 34.7. The first-order chi connectivity index (χ1) is 25.1. The molecule has 310 valence electrons. The van der Waals surface area contributed by atoms with Gasteiger partial charge in [-0.25, -0.2) is 4.57 Å². The zero-order valence-corrected chi connectivity index (χ0v) is 36.0. The molecule has 0 aromatic carbocycles. The zero-order chi connectivity index (χ0) is 38.4. The Hall–Kier alpha value is -0.920. The Morgan fingerprint density at radius 1 is 0.596 bits per heavy atom. The summed E-state index contributed by atoms with van der Waals surface area (Å²) in [6.07, 6.45) is 40.5. The Morgan fingerprint density at radius 3 is 1.42 bits per heavy atom. The molecule has 0 radical (unpaired) electrons. The van der Waals surface area contributed by atoms with Crippen molar-refractivity contribution < 1.29 is 37.3 Å². The first-order valence-electron chi connectivity index (χ1n) is 22.0. The van der Waals surface area contributed by atoms with Crippen LogP contribution in [0.2, 0.25) is 0 Å². The highest BCUT2D eigenvalue weighted by atomic mass is 31.2. The molecule has 0 spiro atoms. The summed E-state index contributed by atoms with van der Waals surface area (Å²) in [7, 11) is 1.65. The number of ether oxygens (including phenoxy) is 2. The van der Waals surface area contributed by atoms with Gasteiger partial charge in [-0.05, 0) is 25.3 Å². The lowest BCUT2D eigenvalue weighted by atomic mass is 10.0. The van der Waals surface area contributed by atoms with Crippen LogP contribution in [0.4, 0.5) is 0 Å². The molecule has 0 saturated carbocycles. The van der Waals surface area contributed by atoms with Gasteiger partial charge in [0.2, 0.25) is 0 Å². The number of unbranched alkanes of at least 4 members (excludes halogenated alkanes) is 27. The maximum atomic E-state index is 12.7. The van der Waals surface area contributed by atoms with Crippen LogP contribution in [0.3, 0.4) is 0 Å². The number of carbonyl (C=O) groups excluding carboxylic acids is 1. The average molecular weight is 761 g/mol. The standard InChI is InChI=1S/C43H86NO7P/c1-6-8-10-12-14-16-18-20-22-23-25-27-29-31-33-35-38-48-40-42(41-50-52(46,47)49-39-37-44(3,4)5)51-43(45)36-34-32-30-28-26-24-21-19-17-15-13-11-9-7-2/h35,38,42H,6-34,36-37,39-41H2,1-5H3/p+1/b38-35-/t42-/m1/s1. The third kappa shape index (κ3) is 40.3. The molecule has 2 atom stereocenters. The van der Waals surface area contributed by atoms with Crippen LogP contribution in [0, 0.1) is 0 Å². The molecule has 0 aromatic heterocycles. The Kier molecular flexibility index (Phi) is 36.4. The monoisotopic (exact) mass is 761 g/mol. The maximum Gasteiger partial charge on any atom is 0.472 e. The molecule has 0 amide bonds. The van der Waals surface area contributed by atoms with Gasteiger partial charge in [-0.1, -0.05) is 181 Å². The van der Waals surface area contributed by atoms with Gasteiger partial charge in [-0.15, -0.1) is 0 Å². The van der Waals surface area contributed by atoms with E-state index < -0.39 is 13.9 Å². The van der Waals surface area contributed by atoms with Crippen LogP contribution in [0.5, 0.6) is 0 Å². The molecule has 1 unspecified atom stereocenters. The fraction of sp³-hybridized carbons (Fsp3) is 0.930. The van der Waals surface area contributed by atoms with E-state index in [0.717, 1.165) is 32.1 Å². The van der Waals surface area contributed by atoms with E-state index in [1.165, 1.54) is 154 Å². The number of carbonyl (C=O) groups is 1. The second kappa shape index (κ2) is 37.0. The van der Waals surface area contributed by atoms with E-state index in [1.807, 2.05) is 27.2 Å². The Balaban J connectivity index is 4.25. The average Bonchev–Trinajstić information content (AvgIpc) is 3.09. The Bertz CT molecular complexity index is 848. The third-order valence-corrected chi connectivity index (χ3v) is 10.7. The number of likely N-dealkylation sites (N-methyl/N-ethyl adjacent to an activating group) is 1. The summed E-state index contributed by atoms with van der Waals surface area (Å²) in [5.74, 6) is -0.332. The molecular formula is C43H87NO7P+. The number of hydrogen-bond acceptors (Lipinski definition) is 6. The number of esters is 1. The van der Waals surface area contributed by atoms with Crippen molar-refractivity contribution in [1.82, 2.24) is 0 Å². The molecule has 0 aliphatic heterocycles. The van der Waals surface area contributed by atoms with E-state index >= 15 is 0 Å². The summed E-state index contributed by atoms with van der Waals surface area (Å²) in [6, 6.07) is 0. The smallest absolute Gasteiger partial charge is 0.472 e. The summed E-state index contributed by atoms with van der Waals surface area (Å²) >= 11 is 0. The predicted molar refractivity (Wildman–Crippen MR) is 219 cm³/mol. The van der Waals surface area contributed by atoms with Gasteiger partial charge in [-0.3, -0.25) is 13.8 Å². The van der Waals surface area contributed by atoms with Gasteiger partial charge in [0.1, 0.15) is 19.8 Å². The second-order valence-electron chi connectivity index (χ2n) is 16.2. The van der Waals surface area contributed by atoms with Crippen LogP contribution in [0.15, 0.2) is 12.3 Å². The summed E-state index contributed by atoms with van der Waals surface area (Å²) in [4.78, 5) is 22.8. The van der Waals surface area contributed by atoms with E-state index in [9.17, 15) is 14.3 Å². The molecule has 0 fully saturated rings. The summed E-state index contributed by atoms with van der Waals surface area (Å²) in [6.45, 7) is 4.96. The molecule has 8 nitrogen and oxygen atoms in total. The molecule has 0 heterocycles. The molecule has 0 saturated heterocycles. The normalized spacial score (nSPS) is 13.8. The van der Waals surface area contributed by atoms with Gasteiger partial charge in [0.05, 0.1) is 34.0 Å². The van der Waals surface area contributed by atoms with Crippen molar-refractivity contribution in [2.75, 3.05) is 47.5 Å². The number of phosphoric acid groups is 1. The molecule has 9 heteroatoms. The quantitative estimate of drug-likeness (QED) is 0.0218. The highest BCUT2D eigenvalue weighted by Crippen LogP contribution is 2.43. The minimum atomic E-state index is -4.28. The van der Waals surface area contributed by atoms with Crippen molar-refractivity contribution in [2.45, 2.75) is 213 Å². The molecule has 0 aliphatic carbocycles. The fourth-order valence-electron chi connectivity index (χ4n) is 6.23. The van der Waals surface area contributed by atoms with Crippen molar-refractivity contribution in [3.05, 3.63) is 12.3 Å². The van der Waals surface area contributed by atoms with Gasteiger partial charge in [-0.2, -0.15) is 0 Å². The largest absolute Gasteiger partial charge is 0.498 e. The van der Waals surface area contributed by atoms with Gasteiger partial charge < -0.3 is 18.9 Å². The number of hydrogen-bond donors (Lipinski definition) is 1. The minimum Gasteiger partial charge on any atom is -0.498 e. The van der Waals surface area contributed by atoms with Crippen LogP contribution in [-0.2, 0) is 27.9 Å². The van der Waals surface area contributed by atoms with Crippen LogP contribution < -0.4 is 0 Å². The molecular weight excluding hydrogens is 673 g/mol. The predicted octanol–water partition coefficient (Wildman–Crippen LogP) is 13.0. The maximum absolute atomic E-state index is 12.7.